The number of rotatable bonds is 7. The van der Waals surface area contributed by atoms with Gasteiger partial charge in [0.05, 0.1) is 26.4 Å². The summed E-state index contributed by atoms with van der Waals surface area (Å²) in [6.45, 7) is -0.315. The van der Waals surface area contributed by atoms with Crippen LogP contribution >= 0.6 is 0 Å². The molecule has 0 atom stereocenters. The lowest BCUT2D eigenvalue weighted by Gasteiger charge is -2.05. The van der Waals surface area contributed by atoms with Gasteiger partial charge in [0.2, 0.25) is 11.4 Å². The van der Waals surface area contributed by atoms with Gasteiger partial charge in [-0.1, -0.05) is 12.1 Å². The van der Waals surface area contributed by atoms with Gasteiger partial charge in [-0.25, -0.2) is 0 Å². The fourth-order valence-corrected chi connectivity index (χ4v) is 3.73. The van der Waals surface area contributed by atoms with Crippen LogP contribution in [0.15, 0.2) is 85.5 Å². The molecule has 0 aliphatic rings. The van der Waals surface area contributed by atoms with Gasteiger partial charge in [-0.3, -0.25) is 0 Å². The molecule has 0 saturated carbocycles. The highest BCUT2D eigenvalue weighted by Crippen LogP contribution is 2.18. The SMILES string of the molecule is OCc1cc(CO)cc(-[n+]2ccc(-c3cc[n+](-c4cc(CO)cc(CO)c4)cc3)cc2)c1. The second-order valence-corrected chi connectivity index (χ2v) is 7.64. The maximum absolute atomic E-state index is 9.47. The van der Waals surface area contributed by atoms with Crippen LogP contribution in [0.5, 0.6) is 0 Å². The molecule has 4 aromatic rings. The highest BCUT2D eigenvalue weighted by atomic mass is 16.3. The summed E-state index contributed by atoms with van der Waals surface area (Å²) in [4.78, 5) is 0. The Morgan fingerprint density at radius 3 is 0.969 bits per heavy atom. The number of benzene rings is 2. The number of hydrogen-bond acceptors (Lipinski definition) is 4. The van der Waals surface area contributed by atoms with E-state index in [0.29, 0.717) is 0 Å². The predicted molar refractivity (Wildman–Crippen MR) is 119 cm³/mol. The van der Waals surface area contributed by atoms with E-state index in [2.05, 4.69) is 0 Å². The smallest absolute Gasteiger partial charge is 0.211 e. The number of aromatic nitrogens is 2. The molecule has 0 spiro atoms. The zero-order chi connectivity index (χ0) is 22.5. The molecule has 0 aliphatic heterocycles. The summed E-state index contributed by atoms with van der Waals surface area (Å²) in [6.07, 6.45) is 7.80. The van der Waals surface area contributed by atoms with Crippen molar-refractivity contribution in [3.8, 4) is 22.5 Å². The van der Waals surface area contributed by atoms with E-state index >= 15 is 0 Å². The van der Waals surface area contributed by atoms with E-state index in [9.17, 15) is 20.4 Å². The van der Waals surface area contributed by atoms with E-state index in [0.717, 1.165) is 44.8 Å². The zero-order valence-corrected chi connectivity index (χ0v) is 17.6. The molecule has 6 heteroatoms. The van der Waals surface area contributed by atoms with Crippen LogP contribution in [0.3, 0.4) is 0 Å². The van der Waals surface area contributed by atoms with Crippen molar-refractivity contribution in [2.75, 3.05) is 0 Å². The molecule has 0 saturated heterocycles. The van der Waals surface area contributed by atoms with Gasteiger partial charge in [0.1, 0.15) is 0 Å². The van der Waals surface area contributed by atoms with Crippen molar-refractivity contribution >= 4 is 0 Å². The first-order valence-corrected chi connectivity index (χ1v) is 10.4. The molecule has 2 aromatic heterocycles. The summed E-state index contributed by atoms with van der Waals surface area (Å²) in [5.41, 5.74) is 6.87. The maximum Gasteiger partial charge on any atom is 0.211 e. The monoisotopic (exact) mass is 430 g/mol. The second-order valence-electron chi connectivity index (χ2n) is 7.64. The Hall–Kier alpha value is -3.42. The Morgan fingerprint density at radius 2 is 0.719 bits per heavy atom. The van der Waals surface area contributed by atoms with E-state index in [-0.39, 0.29) is 26.4 Å². The average Bonchev–Trinajstić information content (AvgIpc) is 2.88. The molecular formula is C26H26N2O4+2. The molecule has 6 nitrogen and oxygen atoms in total. The molecule has 4 N–H and O–H groups in total. The van der Waals surface area contributed by atoms with Crippen LogP contribution in [0.4, 0.5) is 0 Å². The summed E-state index contributed by atoms with van der Waals surface area (Å²) in [7, 11) is 0. The van der Waals surface area contributed by atoms with E-state index in [1.54, 1.807) is 12.1 Å². The zero-order valence-electron chi connectivity index (χ0n) is 17.6. The molecule has 2 heterocycles. The minimum absolute atomic E-state index is 0.0789. The summed E-state index contributed by atoms with van der Waals surface area (Å²) in [5, 5.41) is 37.9. The number of pyridine rings is 2. The van der Waals surface area contributed by atoms with Crippen molar-refractivity contribution in [3.05, 3.63) is 108 Å². The summed E-state index contributed by atoms with van der Waals surface area (Å²) in [6, 6.07) is 19.2. The van der Waals surface area contributed by atoms with Crippen LogP contribution in [0.2, 0.25) is 0 Å². The number of hydrogen-bond donors (Lipinski definition) is 4. The molecule has 0 unspecified atom stereocenters. The number of aliphatic hydroxyl groups is 4. The third kappa shape index (κ3) is 4.74. The first-order valence-electron chi connectivity index (χ1n) is 10.4. The lowest BCUT2D eigenvalue weighted by molar-refractivity contribution is -0.596. The van der Waals surface area contributed by atoms with E-state index in [1.165, 1.54) is 0 Å². The maximum atomic E-state index is 9.47. The van der Waals surface area contributed by atoms with Crippen molar-refractivity contribution in [3.63, 3.8) is 0 Å². The Kier molecular flexibility index (Phi) is 6.68. The Balaban J connectivity index is 1.59. The largest absolute Gasteiger partial charge is 0.392 e. The summed E-state index contributed by atoms with van der Waals surface area (Å²) < 4.78 is 3.89. The quantitative estimate of drug-likeness (QED) is 0.337. The van der Waals surface area contributed by atoms with Crippen LogP contribution in [0.1, 0.15) is 22.3 Å². The number of nitrogens with zero attached hydrogens (tertiary/aromatic N) is 2. The van der Waals surface area contributed by atoms with Crippen molar-refractivity contribution in [1.82, 2.24) is 0 Å². The normalized spacial score (nSPS) is 11.0. The van der Waals surface area contributed by atoms with Gasteiger partial charge in [-0.2, -0.15) is 9.13 Å². The lowest BCUT2D eigenvalue weighted by Crippen LogP contribution is -2.30. The Labute approximate surface area is 186 Å². The van der Waals surface area contributed by atoms with Gasteiger partial charge in [0.15, 0.2) is 24.8 Å². The predicted octanol–water partition coefficient (Wildman–Crippen LogP) is 1.88. The Bertz CT molecular complexity index is 1060. The molecule has 0 aliphatic carbocycles. The molecule has 0 fully saturated rings. The Morgan fingerprint density at radius 1 is 0.438 bits per heavy atom. The van der Waals surface area contributed by atoms with E-state index < -0.39 is 0 Å². The summed E-state index contributed by atoms with van der Waals surface area (Å²) in [5.74, 6) is 0. The van der Waals surface area contributed by atoms with Crippen molar-refractivity contribution in [2.45, 2.75) is 26.4 Å². The molecule has 2 aromatic carbocycles. The topological polar surface area (TPSA) is 88.7 Å². The fraction of sp³-hybridized carbons (Fsp3) is 0.154. The van der Waals surface area contributed by atoms with Crippen molar-refractivity contribution < 1.29 is 29.6 Å². The minimum Gasteiger partial charge on any atom is -0.392 e. The molecule has 162 valence electrons. The molecular weight excluding hydrogens is 404 g/mol. The average molecular weight is 431 g/mol. The molecule has 4 rings (SSSR count). The van der Waals surface area contributed by atoms with Crippen molar-refractivity contribution in [2.24, 2.45) is 0 Å². The third-order valence-corrected chi connectivity index (χ3v) is 5.39. The van der Waals surface area contributed by atoms with E-state index in [1.807, 2.05) is 82.5 Å². The molecule has 32 heavy (non-hydrogen) atoms. The van der Waals surface area contributed by atoms with Gasteiger partial charge < -0.3 is 20.4 Å². The third-order valence-electron chi connectivity index (χ3n) is 5.39. The number of aliphatic hydroxyl groups excluding tert-OH is 4. The van der Waals surface area contributed by atoms with Gasteiger partial charge in [0, 0.05) is 48.5 Å². The van der Waals surface area contributed by atoms with Gasteiger partial charge in [-0.15, -0.1) is 0 Å². The standard InChI is InChI=1S/C26H26N2O4/c29-15-19-9-20(16-30)12-25(11-19)27-5-1-23(2-6-27)24-3-7-28(8-4-24)26-13-21(17-31)10-22(14-26)18-32/h1-14,29-32H,15-18H2/q+2. The first kappa shape index (κ1) is 21.8. The summed E-state index contributed by atoms with van der Waals surface area (Å²) >= 11 is 0. The van der Waals surface area contributed by atoms with Gasteiger partial charge in [-0.05, 0) is 33.4 Å². The fourth-order valence-electron chi connectivity index (χ4n) is 3.73. The highest BCUT2D eigenvalue weighted by Gasteiger charge is 2.12. The van der Waals surface area contributed by atoms with Crippen LogP contribution < -0.4 is 9.13 Å². The molecule has 0 bridgehead atoms. The van der Waals surface area contributed by atoms with Gasteiger partial charge in [0.25, 0.3) is 0 Å². The van der Waals surface area contributed by atoms with Crippen LogP contribution in [-0.2, 0) is 26.4 Å². The second kappa shape index (κ2) is 9.80. The van der Waals surface area contributed by atoms with Gasteiger partial charge >= 0.3 is 0 Å². The molecule has 0 amide bonds. The minimum atomic E-state index is -0.0789. The molecule has 0 radical (unpaired) electrons. The first-order chi connectivity index (χ1) is 15.6. The highest BCUT2D eigenvalue weighted by molar-refractivity contribution is 5.61. The van der Waals surface area contributed by atoms with Crippen molar-refractivity contribution in [1.29, 1.82) is 0 Å². The van der Waals surface area contributed by atoms with Crippen LogP contribution in [-0.4, -0.2) is 20.4 Å². The van der Waals surface area contributed by atoms with Crippen LogP contribution in [0, 0.1) is 0 Å². The van der Waals surface area contributed by atoms with Crippen LogP contribution in [0.25, 0.3) is 22.5 Å². The van der Waals surface area contributed by atoms with E-state index in [4.69, 9.17) is 0 Å². The lowest BCUT2D eigenvalue weighted by atomic mass is 10.1.